The molecule has 6 nitrogen and oxygen atoms in total. The molecule has 0 aliphatic carbocycles. The Morgan fingerprint density at radius 1 is 1.25 bits per heavy atom. The van der Waals surface area contributed by atoms with E-state index in [0.717, 1.165) is 23.4 Å². The molecule has 1 aromatic heterocycles. The van der Waals surface area contributed by atoms with E-state index in [1.165, 1.54) is 11.8 Å². The molecule has 2 N–H and O–H groups in total. The molecule has 144 valence electrons. The van der Waals surface area contributed by atoms with Crippen molar-refractivity contribution in [2.24, 2.45) is 0 Å². The maximum Gasteiger partial charge on any atom is 0.240 e. The van der Waals surface area contributed by atoms with Crippen LogP contribution in [0.15, 0.2) is 53.7 Å². The van der Waals surface area contributed by atoms with E-state index in [1.54, 1.807) is 6.07 Å². The standard InChI is InChI=1S/C20H20ClN5OS/c1-3-16-23-24-20-26(16)25-17(13-7-5-4-6-8-13)18(28-20)19(27)22-14-10-9-12(2)15(21)11-14/h4-11,17-18,25H,3H2,1-2H3,(H,22,27)/t17-,18-/m0/s1. The lowest BCUT2D eigenvalue weighted by Crippen LogP contribution is -2.41. The number of rotatable bonds is 4. The van der Waals surface area contributed by atoms with Crippen LogP contribution >= 0.6 is 23.4 Å². The van der Waals surface area contributed by atoms with Crippen molar-refractivity contribution >= 4 is 35.0 Å². The first-order valence-corrected chi connectivity index (χ1v) is 10.3. The first kappa shape index (κ1) is 18.8. The molecular weight excluding hydrogens is 394 g/mol. The van der Waals surface area contributed by atoms with Gasteiger partial charge in [-0.3, -0.25) is 4.79 Å². The van der Waals surface area contributed by atoms with Gasteiger partial charge < -0.3 is 10.7 Å². The average molecular weight is 414 g/mol. The topological polar surface area (TPSA) is 71.8 Å². The van der Waals surface area contributed by atoms with Crippen LogP contribution in [0.25, 0.3) is 0 Å². The fourth-order valence-corrected chi connectivity index (χ4v) is 4.40. The Hall–Kier alpha value is -2.51. The van der Waals surface area contributed by atoms with E-state index in [0.29, 0.717) is 15.9 Å². The van der Waals surface area contributed by atoms with Crippen LogP contribution < -0.4 is 10.7 Å². The summed E-state index contributed by atoms with van der Waals surface area (Å²) in [6.45, 7) is 3.96. The molecule has 28 heavy (non-hydrogen) atoms. The Morgan fingerprint density at radius 3 is 2.75 bits per heavy atom. The zero-order chi connectivity index (χ0) is 19.7. The van der Waals surface area contributed by atoms with E-state index < -0.39 is 5.25 Å². The molecule has 0 fully saturated rings. The Kier molecular flexibility index (Phi) is 5.28. The molecule has 0 saturated heterocycles. The number of carbonyl (C=O) groups is 1. The summed E-state index contributed by atoms with van der Waals surface area (Å²) in [6, 6.07) is 15.2. The summed E-state index contributed by atoms with van der Waals surface area (Å²) in [4.78, 5) is 13.2. The van der Waals surface area contributed by atoms with Crippen molar-refractivity contribution in [1.29, 1.82) is 0 Å². The highest BCUT2D eigenvalue weighted by atomic mass is 35.5. The first-order valence-electron chi connectivity index (χ1n) is 9.06. The van der Waals surface area contributed by atoms with Crippen LogP contribution in [-0.2, 0) is 11.2 Å². The molecule has 0 unspecified atom stereocenters. The summed E-state index contributed by atoms with van der Waals surface area (Å²) in [5.74, 6) is 0.728. The minimum Gasteiger partial charge on any atom is -0.325 e. The highest BCUT2D eigenvalue weighted by Gasteiger charge is 2.37. The van der Waals surface area contributed by atoms with E-state index in [1.807, 2.05) is 61.0 Å². The third-order valence-corrected chi connectivity index (χ3v) is 6.30. The number of fused-ring (bicyclic) bond motifs is 1. The van der Waals surface area contributed by atoms with Gasteiger partial charge in [0, 0.05) is 17.1 Å². The zero-order valence-electron chi connectivity index (χ0n) is 15.5. The number of aryl methyl sites for hydroxylation is 2. The molecule has 0 spiro atoms. The van der Waals surface area contributed by atoms with E-state index in [2.05, 4.69) is 20.9 Å². The quantitative estimate of drug-likeness (QED) is 0.670. The summed E-state index contributed by atoms with van der Waals surface area (Å²) in [5, 5.41) is 12.3. The molecule has 4 rings (SSSR count). The highest BCUT2D eigenvalue weighted by Crippen LogP contribution is 2.37. The normalized spacial score (nSPS) is 18.2. The molecule has 1 aliphatic heterocycles. The average Bonchev–Trinajstić information content (AvgIpc) is 3.12. The second-order valence-electron chi connectivity index (χ2n) is 6.60. The van der Waals surface area contributed by atoms with Crippen molar-refractivity contribution in [2.75, 3.05) is 10.7 Å². The second kappa shape index (κ2) is 7.85. The Balaban J connectivity index is 1.65. The van der Waals surface area contributed by atoms with Crippen molar-refractivity contribution in [3.8, 4) is 0 Å². The number of aromatic nitrogens is 3. The van der Waals surface area contributed by atoms with Crippen molar-refractivity contribution in [3.63, 3.8) is 0 Å². The lowest BCUT2D eigenvalue weighted by atomic mass is 10.0. The molecule has 1 aliphatic rings. The molecule has 0 radical (unpaired) electrons. The maximum absolute atomic E-state index is 13.2. The molecule has 0 bridgehead atoms. The summed E-state index contributed by atoms with van der Waals surface area (Å²) in [5.41, 5.74) is 6.10. The SMILES string of the molecule is CCc1nnc2n1N[C@@H](c1ccccc1)[C@@H](C(=O)Nc1ccc(C)c(Cl)c1)S2. The number of benzene rings is 2. The molecule has 3 aromatic rings. The smallest absolute Gasteiger partial charge is 0.240 e. The minimum absolute atomic E-state index is 0.112. The van der Waals surface area contributed by atoms with Crippen LogP contribution in [0.5, 0.6) is 0 Å². The molecular formula is C20H20ClN5OS. The Labute approximate surface area is 172 Å². The van der Waals surface area contributed by atoms with Crippen molar-refractivity contribution < 1.29 is 4.79 Å². The van der Waals surface area contributed by atoms with Gasteiger partial charge in [-0.05, 0) is 30.2 Å². The Morgan fingerprint density at radius 2 is 2.04 bits per heavy atom. The number of nitrogens with one attached hydrogen (secondary N) is 2. The summed E-state index contributed by atoms with van der Waals surface area (Å²) in [7, 11) is 0. The number of thioether (sulfide) groups is 1. The number of amides is 1. The fourth-order valence-electron chi connectivity index (χ4n) is 3.12. The zero-order valence-corrected chi connectivity index (χ0v) is 17.1. The minimum atomic E-state index is -0.413. The lowest BCUT2D eigenvalue weighted by Gasteiger charge is -2.33. The van der Waals surface area contributed by atoms with Gasteiger partial charge in [-0.1, -0.05) is 66.7 Å². The van der Waals surface area contributed by atoms with Gasteiger partial charge in [0.15, 0.2) is 5.82 Å². The van der Waals surface area contributed by atoms with Gasteiger partial charge in [0.2, 0.25) is 11.1 Å². The summed E-state index contributed by atoms with van der Waals surface area (Å²) >= 11 is 7.62. The maximum atomic E-state index is 13.2. The monoisotopic (exact) mass is 413 g/mol. The number of carbonyl (C=O) groups excluding carboxylic acids is 1. The van der Waals surface area contributed by atoms with Crippen LogP contribution in [0.4, 0.5) is 5.69 Å². The first-order chi connectivity index (χ1) is 13.6. The van der Waals surface area contributed by atoms with Crippen molar-refractivity contribution in [2.45, 2.75) is 36.7 Å². The second-order valence-corrected chi connectivity index (χ2v) is 8.11. The number of hydrogen-bond acceptors (Lipinski definition) is 5. The predicted molar refractivity (Wildman–Crippen MR) is 112 cm³/mol. The van der Waals surface area contributed by atoms with Gasteiger partial charge in [-0.2, -0.15) is 0 Å². The van der Waals surface area contributed by atoms with Crippen LogP contribution in [0.2, 0.25) is 5.02 Å². The van der Waals surface area contributed by atoms with Crippen molar-refractivity contribution in [1.82, 2.24) is 14.9 Å². The summed E-state index contributed by atoms with van der Waals surface area (Å²) < 4.78 is 1.88. The van der Waals surface area contributed by atoms with E-state index in [-0.39, 0.29) is 11.9 Å². The van der Waals surface area contributed by atoms with Crippen LogP contribution in [0, 0.1) is 6.92 Å². The van der Waals surface area contributed by atoms with Gasteiger partial charge in [-0.25, -0.2) is 4.68 Å². The number of halogens is 1. The molecule has 2 heterocycles. The molecule has 1 amide bonds. The largest absolute Gasteiger partial charge is 0.325 e. The number of anilines is 1. The molecule has 2 aromatic carbocycles. The lowest BCUT2D eigenvalue weighted by molar-refractivity contribution is -0.116. The third-order valence-electron chi connectivity index (χ3n) is 4.68. The van der Waals surface area contributed by atoms with Crippen LogP contribution in [0.3, 0.4) is 0 Å². The van der Waals surface area contributed by atoms with Crippen LogP contribution in [0.1, 0.15) is 29.9 Å². The molecule has 0 saturated carbocycles. The summed E-state index contributed by atoms with van der Waals surface area (Å²) in [6.07, 6.45) is 0.751. The van der Waals surface area contributed by atoms with E-state index in [4.69, 9.17) is 11.6 Å². The molecule has 2 atom stereocenters. The fraction of sp³-hybridized carbons (Fsp3) is 0.250. The van der Waals surface area contributed by atoms with E-state index >= 15 is 0 Å². The molecule has 8 heteroatoms. The van der Waals surface area contributed by atoms with Gasteiger partial charge >= 0.3 is 0 Å². The highest BCUT2D eigenvalue weighted by molar-refractivity contribution is 8.00. The number of nitrogens with zero attached hydrogens (tertiary/aromatic N) is 3. The predicted octanol–water partition coefficient (Wildman–Crippen LogP) is 4.20. The van der Waals surface area contributed by atoms with E-state index in [9.17, 15) is 4.79 Å². The van der Waals surface area contributed by atoms with Crippen molar-refractivity contribution in [3.05, 3.63) is 70.5 Å². The van der Waals surface area contributed by atoms with Gasteiger partial charge in [0.1, 0.15) is 5.25 Å². The van der Waals surface area contributed by atoms with Gasteiger partial charge in [0.25, 0.3) is 0 Å². The third kappa shape index (κ3) is 3.59. The van der Waals surface area contributed by atoms with Crippen LogP contribution in [-0.4, -0.2) is 26.0 Å². The van der Waals surface area contributed by atoms with Gasteiger partial charge in [-0.15, -0.1) is 10.2 Å². The Bertz CT molecular complexity index is 1010. The number of hydrogen-bond donors (Lipinski definition) is 2. The van der Waals surface area contributed by atoms with Gasteiger partial charge in [0.05, 0.1) is 6.04 Å².